The number of nitrogens with zero attached hydrogens (tertiary/aromatic N) is 1. The standard InChI is InChI=1S/C12H23F3N2O/c1-9(2)16-6-10-4-3-5-17(7-10)8-11(18)12(13,14)15/h9-11,16,18H,3-8H2,1-2H3. The fourth-order valence-electron chi connectivity index (χ4n) is 2.23. The largest absolute Gasteiger partial charge is 0.415 e. The van der Waals surface area contributed by atoms with Gasteiger partial charge in [0.15, 0.2) is 6.10 Å². The van der Waals surface area contributed by atoms with E-state index in [2.05, 4.69) is 5.32 Å². The van der Waals surface area contributed by atoms with Crippen molar-refractivity contribution in [3.63, 3.8) is 0 Å². The van der Waals surface area contributed by atoms with Crippen molar-refractivity contribution >= 4 is 0 Å². The first-order valence-electron chi connectivity index (χ1n) is 6.49. The molecule has 1 rings (SSSR count). The monoisotopic (exact) mass is 268 g/mol. The van der Waals surface area contributed by atoms with E-state index in [-0.39, 0.29) is 6.54 Å². The highest BCUT2D eigenvalue weighted by Gasteiger charge is 2.39. The SMILES string of the molecule is CC(C)NCC1CCCN(CC(O)C(F)(F)F)C1. The lowest BCUT2D eigenvalue weighted by Crippen LogP contribution is -2.47. The zero-order valence-electron chi connectivity index (χ0n) is 11.0. The molecule has 0 amide bonds. The fourth-order valence-corrected chi connectivity index (χ4v) is 2.23. The van der Waals surface area contributed by atoms with E-state index in [0.29, 0.717) is 25.0 Å². The third kappa shape index (κ3) is 5.54. The molecule has 2 N–H and O–H groups in total. The highest BCUT2D eigenvalue weighted by molar-refractivity contribution is 4.79. The molecule has 1 aliphatic heterocycles. The van der Waals surface area contributed by atoms with Crippen molar-refractivity contribution in [1.29, 1.82) is 0 Å². The molecule has 1 aliphatic rings. The number of β-amino-alcohol motifs (C(OH)–C–C–N with tert-alkyl or cyclic N) is 1. The lowest BCUT2D eigenvalue weighted by molar-refractivity contribution is -0.209. The third-order valence-corrected chi connectivity index (χ3v) is 3.23. The van der Waals surface area contributed by atoms with Gasteiger partial charge in [0.25, 0.3) is 0 Å². The highest BCUT2D eigenvalue weighted by atomic mass is 19.4. The van der Waals surface area contributed by atoms with Gasteiger partial charge in [0, 0.05) is 19.1 Å². The van der Waals surface area contributed by atoms with Crippen LogP contribution in [0.3, 0.4) is 0 Å². The molecule has 0 spiro atoms. The molecule has 0 aromatic heterocycles. The Bertz CT molecular complexity index is 246. The average Bonchev–Trinajstić information content (AvgIpc) is 2.25. The molecule has 1 heterocycles. The van der Waals surface area contributed by atoms with Crippen LogP contribution >= 0.6 is 0 Å². The summed E-state index contributed by atoms with van der Waals surface area (Å²) in [5.74, 6) is 0.376. The highest BCUT2D eigenvalue weighted by Crippen LogP contribution is 2.23. The third-order valence-electron chi connectivity index (χ3n) is 3.23. The number of rotatable bonds is 5. The van der Waals surface area contributed by atoms with Crippen molar-refractivity contribution in [3.8, 4) is 0 Å². The van der Waals surface area contributed by atoms with Gasteiger partial charge in [-0.25, -0.2) is 0 Å². The Labute approximate surface area is 106 Å². The molecule has 1 saturated heterocycles. The minimum atomic E-state index is -4.51. The molecule has 2 atom stereocenters. The van der Waals surface area contributed by atoms with Gasteiger partial charge in [-0.15, -0.1) is 0 Å². The second-order valence-corrected chi connectivity index (χ2v) is 5.39. The molecule has 2 unspecified atom stereocenters. The molecule has 18 heavy (non-hydrogen) atoms. The molecule has 6 heteroatoms. The van der Waals surface area contributed by atoms with Crippen LogP contribution in [-0.4, -0.2) is 54.5 Å². The predicted molar refractivity (Wildman–Crippen MR) is 64.4 cm³/mol. The van der Waals surface area contributed by atoms with Crippen molar-refractivity contribution < 1.29 is 18.3 Å². The number of aliphatic hydroxyl groups excluding tert-OH is 1. The number of hydrogen-bond donors (Lipinski definition) is 2. The maximum atomic E-state index is 12.3. The number of likely N-dealkylation sites (tertiary alicyclic amines) is 1. The smallest absolute Gasteiger partial charge is 0.382 e. The molecular weight excluding hydrogens is 245 g/mol. The van der Waals surface area contributed by atoms with E-state index in [1.54, 1.807) is 4.90 Å². The van der Waals surface area contributed by atoms with Crippen LogP contribution in [0.1, 0.15) is 26.7 Å². The van der Waals surface area contributed by atoms with Crippen molar-refractivity contribution in [2.45, 2.75) is 45.0 Å². The summed E-state index contributed by atoms with van der Waals surface area (Å²) in [6.45, 7) is 5.90. The molecule has 0 aromatic carbocycles. The quantitative estimate of drug-likeness (QED) is 0.795. The van der Waals surface area contributed by atoms with Crippen LogP contribution in [-0.2, 0) is 0 Å². The second kappa shape index (κ2) is 6.73. The topological polar surface area (TPSA) is 35.5 Å². The minimum Gasteiger partial charge on any atom is -0.382 e. The summed E-state index contributed by atoms with van der Waals surface area (Å²) in [6, 6.07) is 0.390. The Hall–Kier alpha value is -0.330. The predicted octanol–water partition coefficient (Wildman–Crippen LogP) is 1.62. The summed E-state index contributed by atoms with van der Waals surface area (Å²) in [5.41, 5.74) is 0. The van der Waals surface area contributed by atoms with Gasteiger partial charge in [0.1, 0.15) is 0 Å². The molecule has 0 radical (unpaired) electrons. The second-order valence-electron chi connectivity index (χ2n) is 5.39. The van der Waals surface area contributed by atoms with Crippen LogP contribution in [0, 0.1) is 5.92 Å². The number of nitrogens with one attached hydrogen (secondary N) is 1. The molecule has 0 aromatic rings. The van der Waals surface area contributed by atoms with Crippen LogP contribution in [0.25, 0.3) is 0 Å². The van der Waals surface area contributed by atoms with Crippen LogP contribution in [0.5, 0.6) is 0 Å². The van der Waals surface area contributed by atoms with E-state index in [0.717, 1.165) is 19.4 Å². The van der Waals surface area contributed by atoms with E-state index < -0.39 is 12.3 Å². The fraction of sp³-hybridized carbons (Fsp3) is 1.00. The first-order chi connectivity index (χ1) is 8.29. The van der Waals surface area contributed by atoms with E-state index in [4.69, 9.17) is 5.11 Å². The molecular formula is C12H23F3N2O. The Balaban J connectivity index is 2.35. The van der Waals surface area contributed by atoms with Crippen LogP contribution in [0.2, 0.25) is 0 Å². The first kappa shape index (κ1) is 15.7. The van der Waals surface area contributed by atoms with Gasteiger partial charge < -0.3 is 15.3 Å². The number of hydrogen-bond acceptors (Lipinski definition) is 3. The van der Waals surface area contributed by atoms with E-state index >= 15 is 0 Å². The van der Waals surface area contributed by atoms with Gasteiger partial charge in [-0.1, -0.05) is 13.8 Å². The van der Waals surface area contributed by atoms with Gasteiger partial charge in [-0.3, -0.25) is 0 Å². The van der Waals surface area contributed by atoms with Crippen molar-refractivity contribution in [2.75, 3.05) is 26.2 Å². The van der Waals surface area contributed by atoms with Gasteiger partial charge in [-0.05, 0) is 31.8 Å². The molecule has 0 aliphatic carbocycles. The molecule has 1 fully saturated rings. The molecule has 0 saturated carbocycles. The van der Waals surface area contributed by atoms with Gasteiger partial charge >= 0.3 is 6.18 Å². The lowest BCUT2D eigenvalue weighted by atomic mass is 9.97. The average molecular weight is 268 g/mol. The summed E-state index contributed by atoms with van der Waals surface area (Å²) >= 11 is 0. The summed E-state index contributed by atoms with van der Waals surface area (Å²) < 4.78 is 36.8. The Kier molecular flexibility index (Phi) is 5.88. The zero-order chi connectivity index (χ0) is 13.8. The van der Waals surface area contributed by atoms with Crippen LogP contribution in [0.15, 0.2) is 0 Å². The van der Waals surface area contributed by atoms with Crippen molar-refractivity contribution in [2.24, 2.45) is 5.92 Å². The summed E-state index contributed by atoms with van der Waals surface area (Å²) in [4.78, 5) is 1.72. The minimum absolute atomic E-state index is 0.304. The normalized spacial score (nSPS) is 24.5. The number of halogens is 3. The molecule has 3 nitrogen and oxygen atoms in total. The Morgan fingerprint density at radius 3 is 2.61 bits per heavy atom. The Morgan fingerprint density at radius 1 is 1.39 bits per heavy atom. The van der Waals surface area contributed by atoms with Gasteiger partial charge in [0.05, 0.1) is 0 Å². The lowest BCUT2D eigenvalue weighted by Gasteiger charge is -2.34. The summed E-state index contributed by atoms with van der Waals surface area (Å²) in [6.07, 6.45) is -4.80. The summed E-state index contributed by atoms with van der Waals surface area (Å²) in [7, 11) is 0. The summed E-state index contributed by atoms with van der Waals surface area (Å²) in [5, 5.41) is 12.4. The Morgan fingerprint density at radius 2 is 2.06 bits per heavy atom. The number of piperidine rings is 1. The zero-order valence-corrected chi connectivity index (χ0v) is 11.0. The number of alkyl halides is 3. The van der Waals surface area contributed by atoms with Crippen molar-refractivity contribution in [3.05, 3.63) is 0 Å². The van der Waals surface area contributed by atoms with E-state index in [1.807, 2.05) is 13.8 Å². The first-order valence-corrected chi connectivity index (χ1v) is 6.49. The number of aliphatic hydroxyl groups is 1. The van der Waals surface area contributed by atoms with E-state index in [1.165, 1.54) is 0 Å². The maximum Gasteiger partial charge on any atom is 0.415 e. The van der Waals surface area contributed by atoms with Crippen molar-refractivity contribution in [1.82, 2.24) is 10.2 Å². The van der Waals surface area contributed by atoms with Crippen LogP contribution in [0.4, 0.5) is 13.2 Å². The van der Waals surface area contributed by atoms with Crippen LogP contribution < -0.4 is 5.32 Å². The van der Waals surface area contributed by atoms with Gasteiger partial charge in [0.2, 0.25) is 0 Å². The molecule has 108 valence electrons. The maximum absolute atomic E-state index is 12.3. The molecule has 0 bridgehead atoms. The van der Waals surface area contributed by atoms with Gasteiger partial charge in [-0.2, -0.15) is 13.2 Å². The van der Waals surface area contributed by atoms with E-state index in [9.17, 15) is 13.2 Å².